The minimum Gasteiger partial charge on any atom is -0.611 e. The van der Waals surface area contributed by atoms with Crippen LogP contribution in [0.15, 0.2) is 40.0 Å². The summed E-state index contributed by atoms with van der Waals surface area (Å²) in [5, 5.41) is 0.614. The lowest BCUT2D eigenvalue weighted by Crippen LogP contribution is -2.17. The van der Waals surface area contributed by atoms with Crippen molar-refractivity contribution in [2.45, 2.75) is 10.6 Å². The van der Waals surface area contributed by atoms with E-state index in [2.05, 4.69) is 0 Å². The Labute approximate surface area is 113 Å². The van der Waals surface area contributed by atoms with Gasteiger partial charge in [0, 0.05) is 25.2 Å². The zero-order valence-corrected chi connectivity index (χ0v) is 11.7. The third-order valence-electron chi connectivity index (χ3n) is 2.83. The number of rotatable bonds is 3. The van der Waals surface area contributed by atoms with E-state index < -0.39 is 11.2 Å². The molecule has 0 saturated heterocycles. The molecule has 1 aromatic heterocycles. The van der Waals surface area contributed by atoms with Gasteiger partial charge in [-0.25, -0.2) is 0 Å². The summed E-state index contributed by atoms with van der Waals surface area (Å²) in [6.45, 7) is 0. The summed E-state index contributed by atoms with van der Waals surface area (Å²) in [6.07, 6.45) is 0. The molecule has 2 aromatic rings. The van der Waals surface area contributed by atoms with Crippen LogP contribution in [-0.2, 0) is 31.0 Å². The molecule has 1 heterocycles. The van der Waals surface area contributed by atoms with Gasteiger partial charge >= 0.3 is 0 Å². The summed E-state index contributed by atoms with van der Waals surface area (Å²) in [5.74, 6) is 0.314. The van der Waals surface area contributed by atoms with E-state index in [1.807, 2.05) is 0 Å². The molecule has 6 heteroatoms. The maximum absolute atomic E-state index is 12.1. The van der Waals surface area contributed by atoms with Gasteiger partial charge in [0.05, 0.1) is 5.69 Å². The van der Waals surface area contributed by atoms with Gasteiger partial charge < -0.3 is 4.55 Å². The van der Waals surface area contributed by atoms with E-state index in [0.29, 0.717) is 15.7 Å². The van der Waals surface area contributed by atoms with Crippen molar-refractivity contribution in [2.24, 2.45) is 14.1 Å². The summed E-state index contributed by atoms with van der Waals surface area (Å²) in [7, 11) is 3.45. The summed E-state index contributed by atoms with van der Waals surface area (Å²) >= 11 is 4.60. The minimum absolute atomic E-state index is 0.0967. The van der Waals surface area contributed by atoms with Crippen molar-refractivity contribution in [3.05, 3.63) is 51.4 Å². The zero-order valence-electron chi connectivity index (χ0n) is 10.1. The van der Waals surface area contributed by atoms with Crippen LogP contribution in [0.4, 0.5) is 0 Å². The van der Waals surface area contributed by atoms with E-state index in [9.17, 15) is 9.35 Å². The van der Waals surface area contributed by atoms with Gasteiger partial charge in [0.15, 0.2) is 10.6 Å². The SMILES string of the molecule is Cn1c(C[S+]([O-])c2ccc(Cl)cc2)cc(=O)n1C. The predicted octanol–water partition coefficient (Wildman–Crippen LogP) is 1.68. The maximum atomic E-state index is 12.1. The van der Waals surface area contributed by atoms with Crippen molar-refractivity contribution in [2.75, 3.05) is 0 Å². The van der Waals surface area contributed by atoms with Crippen molar-refractivity contribution in [1.29, 1.82) is 0 Å². The molecule has 1 atom stereocenters. The van der Waals surface area contributed by atoms with Gasteiger partial charge in [0.2, 0.25) is 0 Å². The first-order valence-electron chi connectivity index (χ1n) is 5.35. The Morgan fingerprint density at radius 3 is 2.33 bits per heavy atom. The number of halogens is 1. The molecule has 4 nitrogen and oxygen atoms in total. The van der Waals surface area contributed by atoms with E-state index >= 15 is 0 Å². The minimum atomic E-state index is -1.18. The van der Waals surface area contributed by atoms with Crippen LogP contribution in [0.25, 0.3) is 0 Å². The molecule has 0 amide bonds. The molecule has 0 N–H and O–H groups in total. The summed E-state index contributed by atoms with van der Waals surface area (Å²) in [6, 6.07) is 8.39. The molecule has 0 bridgehead atoms. The highest BCUT2D eigenvalue weighted by Crippen LogP contribution is 2.18. The lowest BCUT2D eigenvalue weighted by atomic mass is 10.4. The Bertz CT molecular complexity index is 604. The van der Waals surface area contributed by atoms with E-state index in [1.165, 1.54) is 10.7 Å². The first-order chi connectivity index (χ1) is 8.49. The van der Waals surface area contributed by atoms with Crippen LogP contribution in [0.2, 0.25) is 5.02 Å². The Balaban J connectivity index is 2.21. The van der Waals surface area contributed by atoms with Crippen LogP contribution in [0.1, 0.15) is 5.69 Å². The van der Waals surface area contributed by atoms with Crippen molar-refractivity contribution >= 4 is 22.8 Å². The van der Waals surface area contributed by atoms with Crippen LogP contribution in [0.3, 0.4) is 0 Å². The molecular formula is C12H13ClN2O2S. The first kappa shape index (κ1) is 13.3. The Kier molecular flexibility index (Phi) is 3.85. The molecule has 2 rings (SSSR count). The summed E-state index contributed by atoms with van der Waals surface area (Å²) in [5.41, 5.74) is 0.649. The molecule has 0 spiro atoms. The average molecular weight is 285 g/mol. The fourth-order valence-electron chi connectivity index (χ4n) is 1.61. The van der Waals surface area contributed by atoms with Gasteiger partial charge in [-0.3, -0.25) is 14.2 Å². The highest BCUT2D eigenvalue weighted by molar-refractivity contribution is 7.90. The van der Waals surface area contributed by atoms with Crippen LogP contribution in [-0.4, -0.2) is 13.9 Å². The molecule has 0 aliphatic carbocycles. The number of hydrogen-bond donors (Lipinski definition) is 0. The van der Waals surface area contributed by atoms with Gasteiger partial charge in [-0.05, 0) is 35.4 Å². The molecule has 1 unspecified atom stereocenters. The van der Waals surface area contributed by atoms with Crippen LogP contribution in [0.5, 0.6) is 0 Å². The van der Waals surface area contributed by atoms with E-state index in [0.717, 1.165) is 5.69 Å². The Morgan fingerprint density at radius 2 is 1.83 bits per heavy atom. The smallest absolute Gasteiger partial charge is 0.266 e. The van der Waals surface area contributed by atoms with Crippen molar-refractivity contribution < 1.29 is 4.55 Å². The Hall–Kier alpha value is -1.17. The first-order valence-corrected chi connectivity index (χ1v) is 7.04. The second kappa shape index (κ2) is 5.22. The van der Waals surface area contributed by atoms with Gasteiger partial charge in [-0.2, -0.15) is 0 Å². The fraction of sp³-hybridized carbons (Fsp3) is 0.250. The van der Waals surface area contributed by atoms with Gasteiger partial charge in [-0.1, -0.05) is 11.6 Å². The fourth-order valence-corrected chi connectivity index (χ4v) is 2.88. The molecule has 1 aromatic carbocycles. The lowest BCUT2D eigenvalue weighted by molar-refractivity contribution is 0.557. The highest BCUT2D eigenvalue weighted by Gasteiger charge is 2.15. The van der Waals surface area contributed by atoms with Gasteiger partial charge in [0.1, 0.15) is 0 Å². The monoisotopic (exact) mass is 284 g/mol. The van der Waals surface area contributed by atoms with Crippen molar-refractivity contribution in [1.82, 2.24) is 9.36 Å². The van der Waals surface area contributed by atoms with Crippen molar-refractivity contribution in [3.63, 3.8) is 0 Å². The zero-order chi connectivity index (χ0) is 13.3. The van der Waals surface area contributed by atoms with Crippen LogP contribution < -0.4 is 5.56 Å². The molecule has 0 saturated carbocycles. The normalized spacial score (nSPS) is 12.7. The van der Waals surface area contributed by atoms with Gasteiger partial charge in [-0.15, -0.1) is 0 Å². The van der Waals surface area contributed by atoms with E-state index in [-0.39, 0.29) is 5.56 Å². The lowest BCUT2D eigenvalue weighted by Gasteiger charge is -2.11. The highest BCUT2D eigenvalue weighted by atomic mass is 35.5. The summed E-state index contributed by atoms with van der Waals surface area (Å²) < 4.78 is 15.3. The summed E-state index contributed by atoms with van der Waals surface area (Å²) in [4.78, 5) is 12.2. The maximum Gasteiger partial charge on any atom is 0.266 e. The third kappa shape index (κ3) is 2.63. The number of nitrogens with zero attached hydrogens (tertiary/aromatic N) is 2. The van der Waals surface area contributed by atoms with Crippen LogP contribution >= 0.6 is 11.6 Å². The Morgan fingerprint density at radius 1 is 1.22 bits per heavy atom. The largest absolute Gasteiger partial charge is 0.611 e. The third-order valence-corrected chi connectivity index (χ3v) is 4.44. The second-order valence-electron chi connectivity index (χ2n) is 3.96. The van der Waals surface area contributed by atoms with Crippen molar-refractivity contribution in [3.8, 4) is 0 Å². The van der Waals surface area contributed by atoms with E-state index in [4.69, 9.17) is 11.6 Å². The quantitative estimate of drug-likeness (QED) is 0.805. The molecule has 0 fully saturated rings. The molecule has 96 valence electrons. The van der Waals surface area contributed by atoms with E-state index in [1.54, 1.807) is 43.0 Å². The van der Waals surface area contributed by atoms with Gasteiger partial charge in [0.25, 0.3) is 5.56 Å². The molecule has 0 aliphatic rings. The number of benzene rings is 1. The van der Waals surface area contributed by atoms with Crippen LogP contribution in [0, 0.1) is 0 Å². The second-order valence-corrected chi connectivity index (χ2v) is 5.85. The molecule has 0 aliphatic heterocycles. The molecule has 0 radical (unpaired) electrons. The average Bonchev–Trinajstić information content (AvgIpc) is 2.58. The topological polar surface area (TPSA) is 50.0 Å². The molecule has 18 heavy (non-hydrogen) atoms. The molecular weight excluding hydrogens is 272 g/mol. The predicted molar refractivity (Wildman–Crippen MR) is 72.2 cm³/mol. The standard InChI is InChI=1S/C12H13ClN2O2S/c1-14-10(7-12(16)15(14)2)8-18(17)11-5-3-9(13)4-6-11/h3-7H,8H2,1-2H3. The number of aromatic nitrogens is 2. The number of hydrogen-bond acceptors (Lipinski definition) is 2.